The molecule has 2 nitrogen and oxygen atoms in total. The van der Waals surface area contributed by atoms with Crippen molar-refractivity contribution in [1.82, 2.24) is 5.32 Å². The quantitative estimate of drug-likeness (QED) is 0.828. The first-order chi connectivity index (χ1) is 9.46. The molecule has 3 rings (SSSR count). The van der Waals surface area contributed by atoms with Gasteiger partial charge >= 0.3 is 0 Å². The lowest BCUT2D eigenvalue weighted by molar-refractivity contribution is 0.223. The van der Waals surface area contributed by atoms with Crippen LogP contribution in [0, 0.1) is 5.41 Å². The van der Waals surface area contributed by atoms with Crippen LogP contribution in [-0.4, -0.2) is 13.7 Å². The van der Waals surface area contributed by atoms with Gasteiger partial charge in [0.15, 0.2) is 0 Å². The van der Waals surface area contributed by atoms with E-state index in [0.29, 0.717) is 11.5 Å². The number of nitrogens with one attached hydrogen (secondary N) is 1. The first kappa shape index (κ1) is 13.9. The van der Waals surface area contributed by atoms with Crippen LogP contribution >= 0.6 is 0 Å². The van der Waals surface area contributed by atoms with E-state index >= 15 is 0 Å². The van der Waals surface area contributed by atoms with Crippen molar-refractivity contribution in [3.63, 3.8) is 0 Å². The van der Waals surface area contributed by atoms with Crippen LogP contribution < -0.4 is 10.1 Å². The zero-order valence-corrected chi connectivity index (χ0v) is 13.3. The van der Waals surface area contributed by atoms with Gasteiger partial charge in [-0.05, 0) is 41.5 Å². The summed E-state index contributed by atoms with van der Waals surface area (Å²) >= 11 is 0. The van der Waals surface area contributed by atoms with Crippen molar-refractivity contribution >= 4 is 0 Å². The van der Waals surface area contributed by atoms with E-state index in [0.717, 1.165) is 12.3 Å². The maximum Gasteiger partial charge on any atom is 0.119 e. The number of ether oxygens (including phenoxy) is 1. The molecule has 1 saturated carbocycles. The van der Waals surface area contributed by atoms with Gasteiger partial charge in [0, 0.05) is 18.0 Å². The fraction of sp³-hybridized carbons (Fsp3) is 0.667. The Balaban J connectivity index is 2.11. The molecular formula is C18H27NO. The summed E-state index contributed by atoms with van der Waals surface area (Å²) in [5, 5.41) is 3.84. The van der Waals surface area contributed by atoms with Gasteiger partial charge in [-0.3, -0.25) is 0 Å². The van der Waals surface area contributed by atoms with Gasteiger partial charge in [0.05, 0.1) is 7.11 Å². The van der Waals surface area contributed by atoms with Crippen LogP contribution in [0.4, 0.5) is 0 Å². The van der Waals surface area contributed by atoms with E-state index in [2.05, 4.69) is 44.3 Å². The minimum atomic E-state index is 0.240. The maximum absolute atomic E-state index is 5.48. The lowest BCUT2D eigenvalue weighted by Crippen LogP contribution is -2.47. The van der Waals surface area contributed by atoms with Crippen LogP contribution in [0.3, 0.4) is 0 Å². The van der Waals surface area contributed by atoms with Crippen molar-refractivity contribution in [3.05, 3.63) is 29.3 Å². The molecule has 110 valence electrons. The number of hydrogen-bond acceptors (Lipinski definition) is 2. The molecule has 1 spiro atoms. The monoisotopic (exact) mass is 273 g/mol. The average molecular weight is 273 g/mol. The number of hydrogen-bond donors (Lipinski definition) is 1. The van der Waals surface area contributed by atoms with E-state index in [4.69, 9.17) is 4.74 Å². The van der Waals surface area contributed by atoms with Crippen molar-refractivity contribution in [2.24, 2.45) is 5.41 Å². The third kappa shape index (κ3) is 2.14. The molecule has 1 aliphatic heterocycles. The largest absolute Gasteiger partial charge is 0.497 e. The molecule has 1 fully saturated rings. The summed E-state index contributed by atoms with van der Waals surface area (Å²) in [5.74, 6) is 1.00. The highest BCUT2D eigenvalue weighted by atomic mass is 16.5. The Hall–Kier alpha value is -1.02. The summed E-state index contributed by atoms with van der Waals surface area (Å²) in [4.78, 5) is 0. The SMILES string of the molecule is COc1ccc2c(c1)C1(CCCC1)CNC2C(C)(C)C. The Morgan fingerprint density at radius 3 is 2.50 bits per heavy atom. The number of fused-ring (bicyclic) bond motifs is 2. The molecule has 1 aromatic rings. The fourth-order valence-electron chi connectivity index (χ4n) is 4.15. The van der Waals surface area contributed by atoms with Gasteiger partial charge < -0.3 is 10.1 Å². The molecule has 2 heteroatoms. The third-order valence-corrected chi connectivity index (χ3v) is 5.21. The normalized spacial score (nSPS) is 24.7. The van der Waals surface area contributed by atoms with Gasteiger partial charge in [-0.1, -0.05) is 39.7 Å². The molecule has 0 radical (unpaired) electrons. The van der Waals surface area contributed by atoms with Gasteiger partial charge in [0.25, 0.3) is 0 Å². The first-order valence-corrected chi connectivity index (χ1v) is 7.88. The maximum atomic E-state index is 5.48. The lowest BCUT2D eigenvalue weighted by Gasteiger charge is -2.45. The molecule has 0 amide bonds. The number of methoxy groups -OCH3 is 1. The predicted octanol–water partition coefficient (Wildman–Crippen LogP) is 4.20. The highest BCUT2D eigenvalue weighted by Crippen LogP contribution is 2.49. The summed E-state index contributed by atoms with van der Waals surface area (Å²) in [6, 6.07) is 7.15. The molecule has 1 unspecified atom stereocenters. The standard InChI is InChI=1S/C18H27NO/c1-17(2,3)16-14-8-7-13(20-4)11-15(14)18(12-19-16)9-5-6-10-18/h7-8,11,16,19H,5-6,9-10,12H2,1-4H3. The minimum absolute atomic E-state index is 0.240. The van der Waals surface area contributed by atoms with E-state index in [1.165, 1.54) is 31.2 Å². The van der Waals surface area contributed by atoms with Crippen LogP contribution in [0.2, 0.25) is 0 Å². The van der Waals surface area contributed by atoms with Crippen molar-refractivity contribution in [1.29, 1.82) is 0 Å². The molecule has 0 aromatic heterocycles. The molecule has 1 aliphatic carbocycles. The lowest BCUT2D eigenvalue weighted by atomic mass is 9.68. The Kier molecular flexibility index (Phi) is 3.32. The minimum Gasteiger partial charge on any atom is -0.497 e. The molecule has 1 N–H and O–H groups in total. The number of benzene rings is 1. The molecule has 1 aromatic carbocycles. The second kappa shape index (κ2) is 4.77. The van der Waals surface area contributed by atoms with Crippen LogP contribution in [0.1, 0.15) is 63.6 Å². The highest BCUT2D eigenvalue weighted by Gasteiger charge is 2.44. The smallest absolute Gasteiger partial charge is 0.119 e. The summed E-state index contributed by atoms with van der Waals surface area (Å²) in [7, 11) is 1.77. The van der Waals surface area contributed by atoms with Gasteiger partial charge in [-0.2, -0.15) is 0 Å². The molecule has 0 bridgehead atoms. The zero-order chi connectivity index (χ0) is 14.4. The van der Waals surface area contributed by atoms with Gasteiger partial charge in [0.2, 0.25) is 0 Å². The van der Waals surface area contributed by atoms with E-state index in [-0.39, 0.29) is 5.41 Å². The predicted molar refractivity (Wildman–Crippen MR) is 83.3 cm³/mol. The highest BCUT2D eigenvalue weighted by molar-refractivity contribution is 5.45. The topological polar surface area (TPSA) is 21.3 Å². The Morgan fingerprint density at radius 2 is 1.90 bits per heavy atom. The van der Waals surface area contributed by atoms with Gasteiger partial charge in [-0.15, -0.1) is 0 Å². The van der Waals surface area contributed by atoms with Crippen LogP contribution in [0.15, 0.2) is 18.2 Å². The Labute approximate surface area is 122 Å². The molecule has 2 aliphatic rings. The van der Waals surface area contributed by atoms with E-state index in [1.54, 1.807) is 12.7 Å². The van der Waals surface area contributed by atoms with Crippen molar-refractivity contribution in [2.75, 3.05) is 13.7 Å². The fourth-order valence-corrected chi connectivity index (χ4v) is 4.15. The van der Waals surface area contributed by atoms with Gasteiger partial charge in [-0.25, -0.2) is 0 Å². The zero-order valence-electron chi connectivity index (χ0n) is 13.3. The van der Waals surface area contributed by atoms with Gasteiger partial charge in [0.1, 0.15) is 5.75 Å². The summed E-state index contributed by atoms with van der Waals surface area (Å²) in [6.45, 7) is 8.09. The number of rotatable bonds is 1. The molecule has 1 atom stereocenters. The van der Waals surface area contributed by atoms with Crippen LogP contribution in [0.25, 0.3) is 0 Å². The van der Waals surface area contributed by atoms with Crippen LogP contribution in [0.5, 0.6) is 5.75 Å². The second-order valence-electron chi connectivity index (χ2n) is 7.62. The van der Waals surface area contributed by atoms with E-state index in [1.807, 2.05) is 0 Å². The average Bonchev–Trinajstić information content (AvgIpc) is 2.87. The Morgan fingerprint density at radius 1 is 1.20 bits per heavy atom. The third-order valence-electron chi connectivity index (χ3n) is 5.21. The second-order valence-corrected chi connectivity index (χ2v) is 7.62. The van der Waals surface area contributed by atoms with Crippen molar-refractivity contribution in [3.8, 4) is 5.75 Å². The Bertz CT molecular complexity index is 495. The molecule has 20 heavy (non-hydrogen) atoms. The van der Waals surface area contributed by atoms with E-state index < -0.39 is 0 Å². The van der Waals surface area contributed by atoms with Crippen molar-refractivity contribution in [2.45, 2.75) is 57.9 Å². The van der Waals surface area contributed by atoms with E-state index in [9.17, 15) is 0 Å². The molecular weight excluding hydrogens is 246 g/mol. The molecule has 1 heterocycles. The van der Waals surface area contributed by atoms with Crippen molar-refractivity contribution < 1.29 is 4.74 Å². The first-order valence-electron chi connectivity index (χ1n) is 7.88. The molecule has 0 saturated heterocycles. The summed E-state index contributed by atoms with van der Waals surface area (Å²) in [5.41, 5.74) is 3.63. The summed E-state index contributed by atoms with van der Waals surface area (Å²) < 4.78 is 5.48. The summed E-state index contributed by atoms with van der Waals surface area (Å²) in [6.07, 6.45) is 5.35. The van der Waals surface area contributed by atoms with Crippen LogP contribution in [-0.2, 0) is 5.41 Å².